The first-order valence-corrected chi connectivity index (χ1v) is 8.55. The largest absolute Gasteiger partial charge is 0.497 e. The van der Waals surface area contributed by atoms with Gasteiger partial charge >= 0.3 is 0 Å². The number of amides is 1. The zero-order chi connectivity index (χ0) is 16.2. The highest BCUT2D eigenvalue weighted by molar-refractivity contribution is 7.14. The Morgan fingerprint density at radius 2 is 2.22 bits per heavy atom. The van der Waals surface area contributed by atoms with Crippen molar-refractivity contribution < 1.29 is 14.3 Å². The zero-order valence-electron chi connectivity index (χ0n) is 13.3. The minimum Gasteiger partial charge on any atom is -0.497 e. The maximum atomic E-state index is 12.0. The van der Waals surface area contributed by atoms with E-state index in [1.54, 1.807) is 18.9 Å². The maximum absolute atomic E-state index is 12.0. The normalized spacial score (nSPS) is 17.2. The van der Waals surface area contributed by atoms with E-state index >= 15 is 0 Å². The van der Waals surface area contributed by atoms with Gasteiger partial charge in [-0.1, -0.05) is 0 Å². The predicted molar refractivity (Wildman–Crippen MR) is 91.1 cm³/mol. The molecule has 0 spiro atoms. The van der Waals surface area contributed by atoms with E-state index in [2.05, 4.69) is 4.98 Å². The van der Waals surface area contributed by atoms with Crippen molar-refractivity contribution in [3.05, 3.63) is 29.6 Å². The molecule has 1 aromatic carbocycles. The lowest BCUT2D eigenvalue weighted by molar-refractivity contribution is -0.116. The third-order valence-electron chi connectivity index (χ3n) is 3.90. The molecule has 3 rings (SSSR count). The predicted octanol–water partition coefficient (Wildman–Crippen LogP) is 3.35. The summed E-state index contributed by atoms with van der Waals surface area (Å²) in [5, 5.41) is 2.70. The van der Waals surface area contributed by atoms with E-state index in [1.165, 1.54) is 11.3 Å². The van der Waals surface area contributed by atoms with Crippen molar-refractivity contribution in [1.82, 2.24) is 4.98 Å². The van der Waals surface area contributed by atoms with Crippen LogP contribution in [0.25, 0.3) is 11.3 Å². The van der Waals surface area contributed by atoms with Crippen LogP contribution in [0.5, 0.6) is 5.75 Å². The molecule has 6 heteroatoms. The number of ether oxygens (including phenoxy) is 2. The fraction of sp³-hybridized carbons (Fsp3) is 0.412. The van der Waals surface area contributed by atoms with E-state index < -0.39 is 0 Å². The molecule has 0 aliphatic carbocycles. The standard InChI is InChI=1S/C17H20N2O3S/c1-12(20)19(10-15-4-3-9-22-15)17-18-16(11-23-17)13-5-7-14(21-2)8-6-13/h5-8,11,15H,3-4,9-10H2,1-2H3/t15-/m0/s1. The average molecular weight is 332 g/mol. The summed E-state index contributed by atoms with van der Waals surface area (Å²) in [5.74, 6) is 0.809. The summed E-state index contributed by atoms with van der Waals surface area (Å²) in [4.78, 5) is 18.3. The van der Waals surface area contributed by atoms with Crippen LogP contribution in [-0.4, -0.2) is 37.3 Å². The maximum Gasteiger partial charge on any atom is 0.225 e. The number of benzene rings is 1. The lowest BCUT2D eigenvalue weighted by atomic mass is 10.2. The molecule has 5 nitrogen and oxygen atoms in total. The first-order valence-electron chi connectivity index (χ1n) is 7.67. The SMILES string of the molecule is COc1ccc(-c2csc(N(C[C@@H]3CCCO3)C(C)=O)n2)cc1. The van der Waals surface area contributed by atoms with Crippen molar-refractivity contribution in [3.8, 4) is 17.0 Å². The first-order chi connectivity index (χ1) is 11.2. The third-order valence-corrected chi connectivity index (χ3v) is 4.76. The Balaban J connectivity index is 1.78. The van der Waals surface area contributed by atoms with Gasteiger partial charge in [0.05, 0.1) is 25.5 Å². The molecule has 0 radical (unpaired) electrons. The van der Waals surface area contributed by atoms with Crippen molar-refractivity contribution in [2.24, 2.45) is 0 Å². The molecule has 1 atom stereocenters. The number of carbonyl (C=O) groups excluding carboxylic acids is 1. The quantitative estimate of drug-likeness (QED) is 0.842. The van der Waals surface area contributed by atoms with Crippen LogP contribution in [0.4, 0.5) is 5.13 Å². The van der Waals surface area contributed by atoms with Gasteiger partial charge < -0.3 is 9.47 Å². The van der Waals surface area contributed by atoms with Gasteiger partial charge in [0.1, 0.15) is 5.75 Å². The average Bonchev–Trinajstić information content (AvgIpc) is 3.24. The highest BCUT2D eigenvalue weighted by Gasteiger charge is 2.23. The number of carbonyl (C=O) groups is 1. The molecule has 0 unspecified atom stereocenters. The summed E-state index contributed by atoms with van der Waals surface area (Å²) in [6.45, 7) is 2.93. The smallest absolute Gasteiger partial charge is 0.225 e. The minimum atomic E-state index is -0.00358. The number of anilines is 1. The molecule has 1 amide bonds. The second-order valence-corrected chi connectivity index (χ2v) is 6.35. The van der Waals surface area contributed by atoms with Crippen LogP contribution < -0.4 is 9.64 Å². The van der Waals surface area contributed by atoms with Gasteiger partial charge in [0.2, 0.25) is 5.91 Å². The van der Waals surface area contributed by atoms with Crippen LogP contribution in [-0.2, 0) is 9.53 Å². The molecule has 1 fully saturated rings. The number of thiazole rings is 1. The van der Waals surface area contributed by atoms with E-state index in [0.717, 1.165) is 41.6 Å². The van der Waals surface area contributed by atoms with Gasteiger partial charge in [-0.15, -0.1) is 11.3 Å². The summed E-state index contributed by atoms with van der Waals surface area (Å²) in [6.07, 6.45) is 2.18. The first kappa shape index (κ1) is 16.0. The Morgan fingerprint density at radius 3 is 2.83 bits per heavy atom. The van der Waals surface area contributed by atoms with Crippen LogP contribution in [0.15, 0.2) is 29.6 Å². The van der Waals surface area contributed by atoms with E-state index in [4.69, 9.17) is 9.47 Å². The number of hydrogen-bond donors (Lipinski definition) is 0. The van der Waals surface area contributed by atoms with Gasteiger partial charge in [-0.05, 0) is 37.1 Å². The fourth-order valence-corrected chi connectivity index (χ4v) is 3.50. The molecule has 1 aliphatic heterocycles. The molecule has 0 N–H and O–H groups in total. The molecule has 1 saturated heterocycles. The highest BCUT2D eigenvalue weighted by atomic mass is 32.1. The molecule has 0 bridgehead atoms. The summed E-state index contributed by atoms with van der Waals surface area (Å²) < 4.78 is 10.8. The zero-order valence-corrected chi connectivity index (χ0v) is 14.1. The van der Waals surface area contributed by atoms with Gasteiger partial charge in [-0.3, -0.25) is 9.69 Å². The molecule has 1 aromatic heterocycles. The van der Waals surface area contributed by atoms with E-state index in [-0.39, 0.29) is 12.0 Å². The summed E-state index contributed by atoms with van der Waals surface area (Å²) in [5.41, 5.74) is 1.88. The van der Waals surface area contributed by atoms with Crippen LogP contribution >= 0.6 is 11.3 Å². The Bertz CT molecular complexity index is 663. The van der Waals surface area contributed by atoms with Crippen LogP contribution in [0.1, 0.15) is 19.8 Å². The van der Waals surface area contributed by atoms with Crippen LogP contribution in [0.3, 0.4) is 0 Å². The summed E-state index contributed by atoms with van der Waals surface area (Å²) in [6, 6.07) is 7.75. The number of aromatic nitrogens is 1. The second kappa shape index (κ2) is 7.10. The minimum absolute atomic E-state index is 0.00358. The Kier molecular flexibility index (Phi) is 4.93. The summed E-state index contributed by atoms with van der Waals surface area (Å²) >= 11 is 1.48. The number of rotatable bonds is 5. The molecule has 1 aliphatic rings. The van der Waals surface area contributed by atoms with E-state index in [0.29, 0.717) is 6.54 Å². The van der Waals surface area contributed by atoms with E-state index in [1.807, 2.05) is 29.6 Å². The van der Waals surface area contributed by atoms with E-state index in [9.17, 15) is 4.79 Å². The Morgan fingerprint density at radius 1 is 1.43 bits per heavy atom. The topological polar surface area (TPSA) is 51.7 Å². The van der Waals surface area contributed by atoms with Gasteiger partial charge in [0.25, 0.3) is 0 Å². The molecule has 0 saturated carbocycles. The summed E-state index contributed by atoms with van der Waals surface area (Å²) in [7, 11) is 1.64. The highest BCUT2D eigenvalue weighted by Crippen LogP contribution is 2.29. The fourth-order valence-electron chi connectivity index (χ4n) is 2.62. The van der Waals surface area contributed by atoms with Crippen molar-refractivity contribution in [1.29, 1.82) is 0 Å². The molecule has 23 heavy (non-hydrogen) atoms. The van der Waals surface area contributed by atoms with Crippen molar-refractivity contribution in [2.75, 3.05) is 25.2 Å². The molecular weight excluding hydrogens is 312 g/mol. The van der Waals surface area contributed by atoms with Crippen molar-refractivity contribution in [3.63, 3.8) is 0 Å². The molecule has 2 aromatic rings. The van der Waals surface area contributed by atoms with Crippen molar-refractivity contribution in [2.45, 2.75) is 25.9 Å². The Labute approximate surface area is 139 Å². The molecule has 122 valence electrons. The van der Waals surface area contributed by atoms with Crippen LogP contribution in [0, 0.1) is 0 Å². The van der Waals surface area contributed by atoms with Gasteiger partial charge in [0.15, 0.2) is 5.13 Å². The number of methoxy groups -OCH3 is 1. The lowest BCUT2D eigenvalue weighted by Crippen LogP contribution is -2.35. The number of nitrogens with zero attached hydrogens (tertiary/aromatic N) is 2. The monoisotopic (exact) mass is 332 g/mol. The molecular formula is C17H20N2O3S. The number of hydrogen-bond acceptors (Lipinski definition) is 5. The second-order valence-electron chi connectivity index (χ2n) is 5.51. The Hall–Kier alpha value is -1.92. The van der Waals surface area contributed by atoms with Gasteiger partial charge in [0, 0.05) is 24.5 Å². The lowest BCUT2D eigenvalue weighted by Gasteiger charge is -2.21. The van der Waals surface area contributed by atoms with Gasteiger partial charge in [-0.25, -0.2) is 4.98 Å². The van der Waals surface area contributed by atoms with Gasteiger partial charge in [-0.2, -0.15) is 0 Å². The third kappa shape index (κ3) is 3.71. The van der Waals surface area contributed by atoms with Crippen LogP contribution in [0.2, 0.25) is 0 Å². The van der Waals surface area contributed by atoms with Crippen molar-refractivity contribution >= 4 is 22.4 Å². The molecule has 2 heterocycles.